The van der Waals surface area contributed by atoms with E-state index in [1.54, 1.807) is 35.7 Å². The van der Waals surface area contributed by atoms with Crippen molar-refractivity contribution in [1.82, 2.24) is 14.5 Å². The molecule has 2 heterocycles. The van der Waals surface area contributed by atoms with Gasteiger partial charge in [0.1, 0.15) is 17.0 Å². The maximum Gasteiger partial charge on any atom is 0.332 e. The molecule has 9 nitrogen and oxygen atoms in total. The summed E-state index contributed by atoms with van der Waals surface area (Å²) in [6.45, 7) is 0.261. The minimum Gasteiger partial charge on any atom is -0.495 e. The maximum absolute atomic E-state index is 13.3. The summed E-state index contributed by atoms with van der Waals surface area (Å²) in [5.74, 6) is -0.0619. The van der Waals surface area contributed by atoms with Gasteiger partial charge in [-0.25, -0.2) is 4.79 Å². The van der Waals surface area contributed by atoms with Crippen LogP contribution in [-0.2, 0) is 29.2 Å². The van der Waals surface area contributed by atoms with Crippen LogP contribution >= 0.6 is 34.5 Å². The van der Waals surface area contributed by atoms with Crippen molar-refractivity contribution >= 4 is 62.3 Å². The van der Waals surface area contributed by atoms with Crippen molar-refractivity contribution in [1.29, 1.82) is 0 Å². The fraction of sp³-hybridized carbons (Fsp3) is 0.286. The number of unbranched alkanes of at least 4 members (excludes halogenated alkanes) is 2. The van der Waals surface area contributed by atoms with Gasteiger partial charge in [-0.2, -0.15) is 0 Å². The van der Waals surface area contributed by atoms with Crippen molar-refractivity contribution in [3.63, 3.8) is 0 Å². The van der Waals surface area contributed by atoms with Crippen molar-refractivity contribution < 1.29 is 14.3 Å². The average Bonchev–Trinajstić information content (AvgIpc) is 3.42. The van der Waals surface area contributed by atoms with Gasteiger partial charge in [-0.15, -0.1) is 11.3 Å². The molecule has 4 aromatic rings. The van der Waals surface area contributed by atoms with Gasteiger partial charge in [0.05, 0.1) is 17.6 Å². The van der Waals surface area contributed by atoms with Crippen LogP contribution in [0.25, 0.3) is 10.2 Å². The van der Waals surface area contributed by atoms with Crippen LogP contribution in [0.3, 0.4) is 0 Å². The predicted molar refractivity (Wildman–Crippen MR) is 159 cm³/mol. The van der Waals surface area contributed by atoms with E-state index in [9.17, 15) is 19.2 Å². The Bertz CT molecular complexity index is 1650. The number of nitrogens with one attached hydrogen (secondary N) is 2. The number of methoxy groups -OCH3 is 1. The molecule has 0 unspecified atom stereocenters. The predicted octanol–water partition coefficient (Wildman–Crippen LogP) is 5.06. The molecule has 0 fully saturated rings. The summed E-state index contributed by atoms with van der Waals surface area (Å²) in [6, 6.07) is 13.8. The molecule has 0 atom stereocenters. The van der Waals surface area contributed by atoms with Gasteiger partial charge < -0.3 is 15.4 Å². The third-order valence-electron chi connectivity index (χ3n) is 6.29. The molecule has 0 aliphatic carbocycles. The van der Waals surface area contributed by atoms with Gasteiger partial charge in [-0.1, -0.05) is 47.8 Å². The topological polar surface area (TPSA) is 111 Å². The lowest BCUT2D eigenvalue weighted by Gasteiger charge is -2.13. The summed E-state index contributed by atoms with van der Waals surface area (Å²) >= 11 is 13.5. The number of rotatable bonds is 12. The number of thiophene rings is 1. The first-order chi connectivity index (χ1) is 19.3. The van der Waals surface area contributed by atoms with Gasteiger partial charge in [0.25, 0.3) is 5.56 Å². The number of aromatic nitrogens is 2. The van der Waals surface area contributed by atoms with E-state index in [2.05, 4.69) is 10.6 Å². The number of ether oxygens (including phenoxy) is 1. The lowest BCUT2D eigenvalue weighted by atomic mass is 10.1. The van der Waals surface area contributed by atoms with E-state index in [1.807, 2.05) is 18.2 Å². The lowest BCUT2D eigenvalue weighted by Crippen LogP contribution is -2.41. The summed E-state index contributed by atoms with van der Waals surface area (Å²) in [4.78, 5) is 51.3. The van der Waals surface area contributed by atoms with Crippen molar-refractivity contribution in [2.45, 2.75) is 45.3 Å². The summed E-state index contributed by atoms with van der Waals surface area (Å²) in [5.41, 5.74) is 0.769. The second-order valence-electron chi connectivity index (χ2n) is 9.04. The number of nitrogens with zero attached hydrogens (tertiary/aromatic N) is 2. The Kier molecular flexibility index (Phi) is 10.0. The number of fused-ring (bicyclic) bond motifs is 1. The minimum absolute atomic E-state index is 0.0939. The highest BCUT2D eigenvalue weighted by atomic mass is 35.5. The SMILES string of the molecule is COc1ccc(NC(=O)Cn2c(=O)n(CCCCCC(=O)NCc3ccccc3Cl)c(=O)c3sccc32)cc1Cl. The Morgan fingerprint density at radius 1 is 0.950 bits per heavy atom. The van der Waals surface area contributed by atoms with Crippen LogP contribution in [0.15, 0.2) is 63.5 Å². The fourth-order valence-electron chi connectivity index (χ4n) is 4.23. The van der Waals surface area contributed by atoms with Gasteiger partial charge >= 0.3 is 5.69 Å². The Balaban J connectivity index is 1.35. The molecule has 0 bridgehead atoms. The van der Waals surface area contributed by atoms with Crippen LogP contribution in [-0.4, -0.2) is 28.1 Å². The van der Waals surface area contributed by atoms with Gasteiger partial charge in [-0.3, -0.25) is 23.5 Å². The molecule has 210 valence electrons. The second kappa shape index (κ2) is 13.6. The second-order valence-corrected chi connectivity index (χ2v) is 10.8. The van der Waals surface area contributed by atoms with E-state index in [4.69, 9.17) is 27.9 Å². The van der Waals surface area contributed by atoms with Crippen LogP contribution in [0, 0.1) is 0 Å². The van der Waals surface area contributed by atoms with Crippen LogP contribution < -0.4 is 26.6 Å². The van der Waals surface area contributed by atoms with E-state index >= 15 is 0 Å². The molecule has 0 saturated carbocycles. The molecule has 2 N–H and O–H groups in total. The number of benzene rings is 2. The normalized spacial score (nSPS) is 11.0. The Labute approximate surface area is 244 Å². The molecule has 0 radical (unpaired) electrons. The maximum atomic E-state index is 13.3. The van der Waals surface area contributed by atoms with Crippen molar-refractivity contribution in [2.24, 2.45) is 0 Å². The number of amides is 2. The first-order valence-electron chi connectivity index (χ1n) is 12.6. The number of halogens is 2. The average molecular weight is 604 g/mol. The van der Waals surface area contributed by atoms with E-state index in [1.165, 1.54) is 23.0 Å². The molecule has 2 amide bonds. The largest absolute Gasteiger partial charge is 0.495 e. The van der Waals surface area contributed by atoms with Gasteiger partial charge in [0.15, 0.2) is 0 Å². The monoisotopic (exact) mass is 602 g/mol. The highest BCUT2D eigenvalue weighted by Crippen LogP contribution is 2.27. The van der Waals surface area contributed by atoms with Crippen LogP contribution in [0.5, 0.6) is 5.75 Å². The Hall–Kier alpha value is -3.60. The van der Waals surface area contributed by atoms with E-state index in [0.29, 0.717) is 63.9 Å². The zero-order chi connectivity index (χ0) is 28.6. The third kappa shape index (κ3) is 7.12. The zero-order valence-electron chi connectivity index (χ0n) is 21.7. The Morgan fingerprint density at radius 2 is 1.75 bits per heavy atom. The highest BCUT2D eigenvalue weighted by molar-refractivity contribution is 7.17. The molecule has 12 heteroatoms. The minimum atomic E-state index is -0.559. The summed E-state index contributed by atoms with van der Waals surface area (Å²) in [7, 11) is 1.49. The van der Waals surface area contributed by atoms with Crippen LogP contribution in [0.4, 0.5) is 5.69 Å². The molecule has 40 heavy (non-hydrogen) atoms. The zero-order valence-corrected chi connectivity index (χ0v) is 24.1. The number of hydrogen-bond donors (Lipinski definition) is 2. The molecule has 0 aliphatic heterocycles. The third-order valence-corrected chi connectivity index (χ3v) is 7.85. The smallest absolute Gasteiger partial charge is 0.332 e. The van der Waals surface area contributed by atoms with Crippen molar-refractivity contribution in [3.05, 3.63) is 90.4 Å². The molecule has 0 saturated heterocycles. The number of carbonyl (C=O) groups excluding carboxylic acids is 2. The summed E-state index contributed by atoms with van der Waals surface area (Å²) in [5, 5.41) is 8.24. The fourth-order valence-corrected chi connectivity index (χ4v) is 5.53. The van der Waals surface area contributed by atoms with Crippen molar-refractivity contribution in [2.75, 3.05) is 12.4 Å². The number of carbonyl (C=O) groups is 2. The first kappa shape index (κ1) is 29.4. The molecule has 2 aromatic carbocycles. The quantitative estimate of drug-likeness (QED) is 0.220. The summed E-state index contributed by atoms with van der Waals surface area (Å²) in [6.07, 6.45) is 2.10. The molecule has 2 aromatic heterocycles. The first-order valence-corrected chi connectivity index (χ1v) is 14.3. The molecule has 4 rings (SSSR count). The highest BCUT2D eigenvalue weighted by Gasteiger charge is 2.17. The molecule has 0 aliphatic rings. The van der Waals surface area contributed by atoms with Gasteiger partial charge in [0.2, 0.25) is 11.8 Å². The molecular weight excluding hydrogens is 575 g/mol. The Morgan fingerprint density at radius 3 is 2.50 bits per heavy atom. The van der Waals surface area contributed by atoms with Gasteiger partial charge in [-0.05, 0) is 54.1 Å². The van der Waals surface area contributed by atoms with E-state index in [-0.39, 0.29) is 24.6 Å². The van der Waals surface area contributed by atoms with Gasteiger partial charge in [0, 0.05) is 30.2 Å². The number of anilines is 1. The molecular formula is C28H28Cl2N4O5S. The van der Waals surface area contributed by atoms with Crippen LogP contribution in [0.2, 0.25) is 10.0 Å². The standard InChI is InChI=1S/C28H28Cl2N4O5S/c1-39-23-11-10-19(15-21(23)30)32-25(36)17-34-22-12-14-40-26(22)27(37)33(28(34)38)13-6-2-3-9-24(35)31-16-18-7-4-5-8-20(18)29/h4-5,7-8,10-12,14-15H,2-3,6,9,13,16-17H2,1H3,(H,31,35)(H,32,36). The van der Waals surface area contributed by atoms with E-state index in [0.717, 1.165) is 10.1 Å². The van der Waals surface area contributed by atoms with Crippen molar-refractivity contribution in [3.8, 4) is 5.75 Å². The molecule has 0 spiro atoms. The number of hydrogen-bond acceptors (Lipinski definition) is 6. The summed E-state index contributed by atoms with van der Waals surface area (Å²) < 4.78 is 7.99. The van der Waals surface area contributed by atoms with Crippen LogP contribution in [0.1, 0.15) is 31.2 Å². The lowest BCUT2D eigenvalue weighted by molar-refractivity contribution is -0.121. The van der Waals surface area contributed by atoms with E-state index < -0.39 is 11.6 Å².